The third kappa shape index (κ3) is 2.18. The van der Waals surface area contributed by atoms with Gasteiger partial charge in [-0.1, -0.05) is 0 Å². The van der Waals surface area contributed by atoms with E-state index in [2.05, 4.69) is 15.0 Å². The minimum atomic E-state index is -0.190. The molecule has 3 N–H and O–H groups in total. The molecule has 2 aromatic heterocycles. The van der Waals surface area contributed by atoms with Gasteiger partial charge in [-0.05, 0) is 31.2 Å². The summed E-state index contributed by atoms with van der Waals surface area (Å²) in [6.07, 6.45) is 3.44. The maximum absolute atomic E-state index is 11.6. The van der Waals surface area contributed by atoms with E-state index in [1.54, 1.807) is 23.9 Å². The van der Waals surface area contributed by atoms with Crippen LogP contribution in [0.3, 0.4) is 0 Å². The second-order valence-electron chi connectivity index (χ2n) is 4.43. The zero-order valence-corrected chi connectivity index (χ0v) is 10.9. The van der Waals surface area contributed by atoms with Gasteiger partial charge in [0.2, 0.25) is 0 Å². The standard InChI is InChI=1S/C14H13N5O/c1-9-17-12(8-13(20)18-9)19-7-6-16-14(19)10-2-4-11(15)5-3-10/h2-8H,15H2,1H3,(H,17,18,20). The van der Waals surface area contributed by atoms with Crippen molar-refractivity contribution in [2.45, 2.75) is 6.92 Å². The maximum atomic E-state index is 11.6. The molecule has 0 unspecified atom stereocenters. The molecule has 0 saturated carbocycles. The van der Waals surface area contributed by atoms with Gasteiger partial charge in [-0.25, -0.2) is 9.97 Å². The van der Waals surface area contributed by atoms with Crippen LogP contribution in [0.4, 0.5) is 5.69 Å². The first kappa shape index (κ1) is 12.2. The molecule has 3 aromatic rings. The molecule has 0 aliphatic rings. The second-order valence-corrected chi connectivity index (χ2v) is 4.43. The Morgan fingerprint density at radius 2 is 2.00 bits per heavy atom. The molecule has 0 spiro atoms. The molecule has 0 atom stereocenters. The van der Waals surface area contributed by atoms with E-state index >= 15 is 0 Å². The fourth-order valence-corrected chi connectivity index (χ4v) is 2.02. The van der Waals surface area contributed by atoms with Gasteiger partial charge in [0.15, 0.2) is 0 Å². The Morgan fingerprint density at radius 1 is 1.25 bits per heavy atom. The van der Waals surface area contributed by atoms with Crippen molar-refractivity contribution < 1.29 is 0 Å². The predicted octanol–water partition coefficient (Wildman–Crippen LogP) is 1.51. The highest BCUT2D eigenvalue weighted by Gasteiger charge is 2.09. The second kappa shape index (κ2) is 4.65. The van der Waals surface area contributed by atoms with Crippen LogP contribution in [0.25, 0.3) is 17.2 Å². The lowest BCUT2D eigenvalue weighted by Crippen LogP contribution is -2.12. The predicted molar refractivity (Wildman–Crippen MR) is 76.6 cm³/mol. The van der Waals surface area contributed by atoms with Crippen molar-refractivity contribution in [2.75, 3.05) is 5.73 Å². The molecule has 0 aliphatic carbocycles. The molecule has 6 heteroatoms. The number of imidazole rings is 1. The molecule has 0 aliphatic heterocycles. The van der Waals surface area contributed by atoms with E-state index in [-0.39, 0.29) is 5.56 Å². The molecule has 0 fully saturated rings. The zero-order valence-electron chi connectivity index (χ0n) is 10.9. The van der Waals surface area contributed by atoms with Crippen molar-refractivity contribution in [3.63, 3.8) is 0 Å². The molecule has 0 amide bonds. The number of hydrogen-bond acceptors (Lipinski definition) is 4. The first-order valence-electron chi connectivity index (χ1n) is 6.11. The number of hydrogen-bond donors (Lipinski definition) is 2. The smallest absolute Gasteiger partial charge is 0.253 e. The van der Waals surface area contributed by atoms with E-state index in [9.17, 15) is 4.79 Å². The summed E-state index contributed by atoms with van der Waals surface area (Å²) in [4.78, 5) is 22.8. The molecule has 1 aromatic carbocycles. The van der Waals surface area contributed by atoms with E-state index in [0.29, 0.717) is 23.2 Å². The van der Waals surface area contributed by atoms with Gasteiger partial charge < -0.3 is 10.7 Å². The molecule has 3 rings (SSSR count). The van der Waals surface area contributed by atoms with Gasteiger partial charge in [0.25, 0.3) is 5.56 Å². The van der Waals surface area contributed by atoms with Gasteiger partial charge in [0.1, 0.15) is 17.5 Å². The van der Waals surface area contributed by atoms with E-state index in [4.69, 9.17) is 5.73 Å². The van der Waals surface area contributed by atoms with Crippen molar-refractivity contribution in [1.82, 2.24) is 19.5 Å². The normalized spacial score (nSPS) is 10.7. The first-order chi connectivity index (χ1) is 9.63. The van der Waals surface area contributed by atoms with Crippen molar-refractivity contribution in [3.8, 4) is 17.2 Å². The summed E-state index contributed by atoms with van der Waals surface area (Å²) in [6.45, 7) is 1.74. The molecule has 2 heterocycles. The summed E-state index contributed by atoms with van der Waals surface area (Å²) in [5.41, 5.74) is 7.09. The molecule has 0 radical (unpaired) electrons. The Bertz CT molecular complexity index is 801. The molecule has 20 heavy (non-hydrogen) atoms. The van der Waals surface area contributed by atoms with Crippen molar-refractivity contribution in [3.05, 3.63) is 58.9 Å². The lowest BCUT2D eigenvalue weighted by molar-refractivity contribution is 0.927. The third-order valence-corrected chi connectivity index (χ3v) is 2.90. The van der Waals surface area contributed by atoms with Gasteiger partial charge in [0, 0.05) is 29.7 Å². The summed E-state index contributed by atoms with van der Waals surface area (Å²) in [6, 6.07) is 8.83. The molecule has 100 valence electrons. The number of benzene rings is 1. The average molecular weight is 267 g/mol. The SMILES string of the molecule is Cc1nc(-n2ccnc2-c2ccc(N)cc2)cc(=O)[nH]1. The Balaban J connectivity index is 2.14. The van der Waals surface area contributed by atoms with E-state index in [0.717, 1.165) is 5.56 Å². The van der Waals surface area contributed by atoms with Gasteiger partial charge in [-0.3, -0.25) is 9.36 Å². The van der Waals surface area contributed by atoms with Crippen LogP contribution < -0.4 is 11.3 Å². The summed E-state index contributed by atoms with van der Waals surface area (Å²) in [7, 11) is 0. The Kier molecular flexibility index (Phi) is 2.83. The van der Waals surface area contributed by atoms with Crippen LogP contribution >= 0.6 is 0 Å². The number of aryl methyl sites for hydroxylation is 1. The van der Waals surface area contributed by atoms with Crippen molar-refractivity contribution >= 4 is 5.69 Å². The minimum absolute atomic E-state index is 0.190. The number of nitrogens with zero attached hydrogens (tertiary/aromatic N) is 3. The number of nitrogens with one attached hydrogen (secondary N) is 1. The maximum Gasteiger partial charge on any atom is 0.253 e. The van der Waals surface area contributed by atoms with Crippen LogP contribution in [0.5, 0.6) is 0 Å². The Hall–Kier alpha value is -2.89. The molecule has 0 saturated heterocycles. The number of rotatable bonds is 2. The number of anilines is 1. The summed E-state index contributed by atoms with van der Waals surface area (Å²) < 4.78 is 1.77. The largest absolute Gasteiger partial charge is 0.399 e. The number of H-pyrrole nitrogens is 1. The highest BCUT2D eigenvalue weighted by Crippen LogP contribution is 2.21. The summed E-state index contributed by atoms with van der Waals surface area (Å²) in [5.74, 6) is 1.81. The van der Waals surface area contributed by atoms with Crippen LogP contribution in [0.2, 0.25) is 0 Å². The minimum Gasteiger partial charge on any atom is -0.399 e. The topological polar surface area (TPSA) is 89.6 Å². The number of aromatic nitrogens is 4. The molecule has 0 bridgehead atoms. The zero-order chi connectivity index (χ0) is 14.1. The molecular weight excluding hydrogens is 254 g/mol. The van der Waals surface area contributed by atoms with Gasteiger partial charge in [0.05, 0.1) is 0 Å². The van der Waals surface area contributed by atoms with Crippen LogP contribution in [0.15, 0.2) is 47.5 Å². The van der Waals surface area contributed by atoms with Crippen molar-refractivity contribution in [1.29, 1.82) is 0 Å². The Labute approximate surface area is 114 Å². The lowest BCUT2D eigenvalue weighted by Gasteiger charge is -2.07. The number of nitrogen functional groups attached to an aromatic ring is 1. The van der Waals surface area contributed by atoms with Crippen LogP contribution in [0.1, 0.15) is 5.82 Å². The summed E-state index contributed by atoms with van der Waals surface area (Å²) in [5, 5.41) is 0. The lowest BCUT2D eigenvalue weighted by atomic mass is 10.2. The van der Waals surface area contributed by atoms with Gasteiger partial charge in [-0.2, -0.15) is 0 Å². The highest BCUT2D eigenvalue weighted by molar-refractivity contribution is 5.60. The van der Waals surface area contributed by atoms with Crippen LogP contribution in [-0.2, 0) is 0 Å². The van der Waals surface area contributed by atoms with E-state index in [1.165, 1.54) is 6.07 Å². The monoisotopic (exact) mass is 267 g/mol. The number of nitrogens with two attached hydrogens (primary N) is 1. The first-order valence-corrected chi connectivity index (χ1v) is 6.11. The van der Waals surface area contributed by atoms with Gasteiger partial charge in [-0.15, -0.1) is 0 Å². The fourth-order valence-electron chi connectivity index (χ4n) is 2.02. The number of aromatic amines is 1. The third-order valence-electron chi connectivity index (χ3n) is 2.90. The van der Waals surface area contributed by atoms with Crippen LogP contribution in [-0.4, -0.2) is 19.5 Å². The quantitative estimate of drug-likeness (QED) is 0.689. The fraction of sp³-hybridized carbons (Fsp3) is 0.0714. The molecule has 6 nitrogen and oxygen atoms in total. The van der Waals surface area contributed by atoms with E-state index < -0.39 is 0 Å². The summed E-state index contributed by atoms with van der Waals surface area (Å²) >= 11 is 0. The molecular formula is C14H13N5O. The van der Waals surface area contributed by atoms with Crippen molar-refractivity contribution in [2.24, 2.45) is 0 Å². The van der Waals surface area contributed by atoms with Crippen LogP contribution in [0, 0.1) is 6.92 Å². The Morgan fingerprint density at radius 3 is 2.70 bits per heavy atom. The van der Waals surface area contributed by atoms with Gasteiger partial charge >= 0.3 is 0 Å². The average Bonchev–Trinajstić information content (AvgIpc) is 2.87. The van der Waals surface area contributed by atoms with E-state index in [1.807, 2.05) is 24.3 Å². The highest BCUT2D eigenvalue weighted by atomic mass is 16.1.